The zero-order valence-electron chi connectivity index (χ0n) is 10.7. The van der Waals surface area contributed by atoms with Crippen molar-refractivity contribution in [1.82, 2.24) is 4.90 Å². The van der Waals surface area contributed by atoms with E-state index in [9.17, 15) is 0 Å². The molecule has 2 aliphatic rings. The van der Waals surface area contributed by atoms with Gasteiger partial charge in [-0.15, -0.1) is 0 Å². The van der Waals surface area contributed by atoms with E-state index >= 15 is 0 Å². The third-order valence-electron chi connectivity index (χ3n) is 4.64. The summed E-state index contributed by atoms with van der Waals surface area (Å²) in [5.41, 5.74) is 6.67. The van der Waals surface area contributed by atoms with Gasteiger partial charge >= 0.3 is 0 Å². The van der Waals surface area contributed by atoms with Gasteiger partial charge in [0.05, 0.1) is 0 Å². The standard InChI is InChI=1S/C13H26N2/c1-13(2,3)12(14)9-7-10-5-6-11(8-9)15(10)4/h9-12H,5-8,14H2,1-4H3. The molecule has 0 aromatic heterocycles. The molecule has 0 aromatic carbocycles. The van der Waals surface area contributed by atoms with E-state index in [1.54, 1.807) is 0 Å². The highest BCUT2D eigenvalue weighted by molar-refractivity contribution is 4.98. The molecule has 2 bridgehead atoms. The molecule has 15 heavy (non-hydrogen) atoms. The van der Waals surface area contributed by atoms with Crippen molar-refractivity contribution < 1.29 is 0 Å². The molecule has 2 nitrogen and oxygen atoms in total. The van der Waals surface area contributed by atoms with Crippen LogP contribution in [0.5, 0.6) is 0 Å². The van der Waals surface area contributed by atoms with E-state index in [0.29, 0.717) is 6.04 Å². The molecule has 88 valence electrons. The van der Waals surface area contributed by atoms with Crippen LogP contribution in [0.2, 0.25) is 0 Å². The normalized spacial score (nSPS) is 39.4. The van der Waals surface area contributed by atoms with Crippen LogP contribution in [-0.2, 0) is 0 Å². The Bertz CT molecular complexity index is 217. The van der Waals surface area contributed by atoms with Crippen molar-refractivity contribution in [2.24, 2.45) is 17.1 Å². The van der Waals surface area contributed by atoms with Gasteiger partial charge in [0, 0.05) is 18.1 Å². The Hall–Kier alpha value is -0.0800. The topological polar surface area (TPSA) is 29.3 Å². The second kappa shape index (κ2) is 3.74. The van der Waals surface area contributed by atoms with Crippen LogP contribution in [0.4, 0.5) is 0 Å². The molecule has 0 saturated carbocycles. The van der Waals surface area contributed by atoms with E-state index < -0.39 is 0 Å². The van der Waals surface area contributed by atoms with Gasteiger partial charge < -0.3 is 10.6 Å². The SMILES string of the molecule is CN1C2CCC1CC(C(N)C(C)(C)C)C2. The van der Waals surface area contributed by atoms with E-state index in [-0.39, 0.29) is 5.41 Å². The fourth-order valence-electron chi connectivity index (χ4n) is 3.45. The molecule has 3 unspecified atom stereocenters. The molecule has 2 saturated heterocycles. The lowest BCUT2D eigenvalue weighted by atomic mass is 9.74. The van der Waals surface area contributed by atoms with Gasteiger partial charge in [-0.05, 0) is 44.1 Å². The number of rotatable bonds is 1. The van der Waals surface area contributed by atoms with Gasteiger partial charge in [0.15, 0.2) is 0 Å². The molecule has 2 heteroatoms. The van der Waals surface area contributed by atoms with Crippen molar-refractivity contribution in [2.75, 3.05) is 7.05 Å². The molecule has 2 N–H and O–H groups in total. The Morgan fingerprint density at radius 3 is 2.00 bits per heavy atom. The van der Waals surface area contributed by atoms with Crippen molar-refractivity contribution in [1.29, 1.82) is 0 Å². The molecule has 2 aliphatic heterocycles. The van der Waals surface area contributed by atoms with Gasteiger partial charge in [0.25, 0.3) is 0 Å². The second-order valence-corrected chi connectivity index (χ2v) is 6.67. The van der Waals surface area contributed by atoms with Gasteiger partial charge in [-0.3, -0.25) is 0 Å². The predicted octanol–water partition coefficient (Wildman–Crippen LogP) is 2.23. The van der Waals surface area contributed by atoms with Crippen LogP contribution in [0.25, 0.3) is 0 Å². The number of piperidine rings is 1. The average molecular weight is 210 g/mol. The van der Waals surface area contributed by atoms with E-state index in [2.05, 4.69) is 32.7 Å². The Kier molecular flexibility index (Phi) is 2.85. The fourth-order valence-corrected chi connectivity index (χ4v) is 3.45. The van der Waals surface area contributed by atoms with E-state index in [0.717, 1.165) is 18.0 Å². The highest BCUT2D eigenvalue weighted by Gasteiger charge is 2.42. The summed E-state index contributed by atoms with van der Waals surface area (Å²) in [5.74, 6) is 0.749. The Morgan fingerprint density at radius 2 is 1.60 bits per heavy atom. The van der Waals surface area contributed by atoms with Crippen LogP contribution in [0.15, 0.2) is 0 Å². The molecular weight excluding hydrogens is 184 g/mol. The first-order valence-electron chi connectivity index (χ1n) is 6.37. The monoisotopic (exact) mass is 210 g/mol. The quantitative estimate of drug-likeness (QED) is 0.719. The minimum Gasteiger partial charge on any atom is -0.327 e. The third-order valence-corrected chi connectivity index (χ3v) is 4.64. The largest absolute Gasteiger partial charge is 0.327 e. The number of fused-ring (bicyclic) bond motifs is 2. The second-order valence-electron chi connectivity index (χ2n) is 6.67. The molecule has 0 spiro atoms. The highest BCUT2D eigenvalue weighted by Crippen LogP contribution is 2.41. The lowest BCUT2D eigenvalue weighted by molar-refractivity contribution is 0.0925. The first kappa shape index (κ1) is 11.4. The van der Waals surface area contributed by atoms with Crippen LogP contribution in [-0.4, -0.2) is 30.1 Å². The minimum atomic E-state index is 0.264. The molecule has 0 amide bonds. The van der Waals surface area contributed by atoms with E-state index in [1.165, 1.54) is 25.7 Å². The molecule has 0 aliphatic carbocycles. The maximum atomic E-state index is 6.40. The summed E-state index contributed by atoms with van der Waals surface area (Å²) in [6.45, 7) is 6.83. The first-order valence-corrected chi connectivity index (χ1v) is 6.37. The molecule has 2 fully saturated rings. The lowest BCUT2D eigenvalue weighted by Gasteiger charge is -2.42. The van der Waals surface area contributed by atoms with Gasteiger partial charge in [-0.2, -0.15) is 0 Å². The van der Waals surface area contributed by atoms with Crippen LogP contribution in [0, 0.1) is 11.3 Å². The maximum absolute atomic E-state index is 6.40. The summed E-state index contributed by atoms with van der Waals surface area (Å²) in [4.78, 5) is 2.59. The smallest absolute Gasteiger partial charge is 0.0117 e. The summed E-state index contributed by atoms with van der Waals surface area (Å²) >= 11 is 0. The van der Waals surface area contributed by atoms with Crippen molar-refractivity contribution in [2.45, 2.75) is 64.6 Å². The average Bonchev–Trinajstić information content (AvgIpc) is 2.40. The van der Waals surface area contributed by atoms with E-state index in [4.69, 9.17) is 5.73 Å². The zero-order chi connectivity index (χ0) is 11.2. The van der Waals surface area contributed by atoms with Gasteiger partial charge in [-0.1, -0.05) is 20.8 Å². The third kappa shape index (κ3) is 2.07. The summed E-state index contributed by atoms with van der Waals surface area (Å²) < 4.78 is 0. The number of nitrogens with zero attached hydrogens (tertiary/aromatic N) is 1. The summed E-state index contributed by atoms with van der Waals surface area (Å²) in [6, 6.07) is 2.01. The summed E-state index contributed by atoms with van der Waals surface area (Å²) in [6.07, 6.45) is 5.44. The first-order chi connectivity index (χ1) is 6.89. The molecule has 2 heterocycles. The number of hydrogen-bond donors (Lipinski definition) is 1. The van der Waals surface area contributed by atoms with E-state index in [1.807, 2.05) is 0 Å². The zero-order valence-corrected chi connectivity index (χ0v) is 10.7. The van der Waals surface area contributed by atoms with Crippen molar-refractivity contribution in [3.05, 3.63) is 0 Å². The summed E-state index contributed by atoms with van der Waals surface area (Å²) in [7, 11) is 2.29. The van der Waals surface area contributed by atoms with Gasteiger partial charge in [0.1, 0.15) is 0 Å². The lowest BCUT2D eigenvalue weighted by Crippen LogP contribution is -2.49. The minimum absolute atomic E-state index is 0.264. The molecule has 0 radical (unpaired) electrons. The van der Waals surface area contributed by atoms with Crippen LogP contribution in [0.3, 0.4) is 0 Å². The summed E-state index contributed by atoms with van der Waals surface area (Å²) in [5, 5.41) is 0. The highest BCUT2D eigenvalue weighted by atomic mass is 15.2. The van der Waals surface area contributed by atoms with Crippen LogP contribution < -0.4 is 5.73 Å². The van der Waals surface area contributed by atoms with Crippen molar-refractivity contribution in [3.63, 3.8) is 0 Å². The van der Waals surface area contributed by atoms with Crippen molar-refractivity contribution in [3.8, 4) is 0 Å². The Morgan fingerprint density at radius 1 is 1.13 bits per heavy atom. The van der Waals surface area contributed by atoms with Crippen molar-refractivity contribution >= 4 is 0 Å². The predicted molar refractivity (Wildman–Crippen MR) is 64.7 cm³/mol. The van der Waals surface area contributed by atoms with Gasteiger partial charge in [0.2, 0.25) is 0 Å². The van der Waals surface area contributed by atoms with Crippen LogP contribution >= 0.6 is 0 Å². The number of nitrogens with two attached hydrogens (primary N) is 1. The molecule has 0 aromatic rings. The molecular formula is C13H26N2. The number of hydrogen-bond acceptors (Lipinski definition) is 2. The molecule has 2 rings (SSSR count). The molecule has 3 atom stereocenters. The Balaban J connectivity index is 2.03. The Labute approximate surface area is 94.2 Å². The fraction of sp³-hybridized carbons (Fsp3) is 1.00. The van der Waals surface area contributed by atoms with Gasteiger partial charge in [-0.25, -0.2) is 0 Å². The maximum Gasteiger partial charge on any atom is 0.0117 e. The van der Waals surface area contributed by atoms with Crippen LogP contribution in [0.1, 0.15) is 46.5 Å².